The van der Waals surface area contributed by atoms with Gasteiger partial charge in [0.05, 0.1) is 18.0 Å². The molecule has 2 aromatic rings. The Labute approximate surface area is 143 Å². The van der Waals surface area contributed by atoms with Crippen LogP contribution >= 0.6 is 0 Å². The van der Waals surface area contributed by atoms with Crippen molar-refractivity contribution >= 4 is 21.6 Å². The van der Waals surface area contributed by atoms with Gasteiger partial charge in [0.1, 0.15) is 0 Å². The lowest BCUT2D eigenvalue weighted by molar-refractivity contribution is -0.121. The first-order chi connectivity index (χ1) is 11.3. The summed E-state index contributed by atoms with van der Waals surface area (Å²) in [6, 6.07) is 16.6. The average molecular weight is 346 g/mol. The zero-order valence-electron chi connectivity index (χ0n) is 13.8. The number of aryl methyl sites for hydroxylation is 1. The average Bonchev–Trinajstić information content (AvgIpc) is 2.53. The fraction of sp³-hybridized carbons (Fsp3) is 0.278. The second-order valence-electron chi connectivity index (χ2n) is 5.74. The summed E-state index contributed by atoms with van der Waals surface area (Å²) in [6.45, 7) is 1.84. The van der Waals surface area contributed by atoms with E-state index < -0.39 is 10.0 Å². The van der Waals surface area contributed by atoms with Gasteiger partial charge >= 0.3 is 0 Å². The van der Waals surface area contributed by atoms with Gasteiger partial charge in [0.15, 0.2) is 0 Å². The van der Waals surface area contributed by atoms with Crippen molar-refractivity contribution in [1.29, 1.82) is 0 Å². The van der Waals surface area contributed by atoms with Crippen LogP contribution in [0.3, 0.4) is 0 Å². The van der Waals surface area contributed by atoms with E-state index in [1.807, 2.05) is 43.3 Å². The second kappa shape index (κ2) is 7.97. The van der Waals surface area contributed by atoms with Gasteiger partial charge in [-0.2, -0.15) is 0 Å². The minimum Gasteiger partial charge on any atom is -0.349 e. The van der Waals surface area contributed by atoms with Gasteiger partial charge in [0.2, 0.25) is 15.9 Å². The number of carbonyl (C=O) groups excluding carboxylic acids is 1. The van der Waals surface area contributed by atoms with Crippen LogP contribution in [-0.4, -0.2) is 20.6 Å². The first kappa shape index (κ1) is 18.0. The third-order valence-electron chi connectivity index (χ3n) is 3.58. The van der Waals surface area contributed by atoms with Crippen LogP contribution in [0.5, 0.6) is 0 Å². The van der Waals surface area contributed by atoms with Gasteiger partial charge in [-0.05, 0) is 30.5 Å². The lowest BCUT2D eigenvalue weighted by Gasteiger charge is -2.18. The second-order valence-corrected chi connectivity index (χ2v) is 7.48. The normalized spacial score (nSPS) is 12.4. The number of nitrogens with one attached hydrogen (secondary N) is 2. The summed E-state index contributed by atoms with van der Waals surface area (Å²) in [4.78, 5) is 12.1. The molecule has 0 heterocycles. The smallest absolute Gasteiger partial charge is 0.229 e. The Morgan fingerprint density at radius 1 is 1.04 bits per heavy atom. The Hall–Kier alpha value is -2.34. The van der Waals surface area contributed by atoms with Crippen molar-refractivity contribution in [3.63, 3.8) is 0 Å². The molecule has 24 heavy (non-hydrogen) atoms. The number of amides is 1. The summed E-state index contributed by atoms with van der Waals surface area (Å²) >= 11 is 0. The molecule has 0 aliphatic heterocycles. The Bertz CT molecular complexity index is 789. The van der Waals surface area contributed by atoms with E-state index in [0.29, 0.717) is 18.5 Å². The molecule has 0 saturated heterocycles. The maximum atomic E-state index is 12.1. The van der Waals surface area contributed by atoms with Gasteiger partial charge in [-0.15, -0.1) is 0 Å². The van der Waals surface area contributed by atoms with Gasteiger partial charge in [-0.3, -0.25) is 9.52 Å². The molecule has 0 bridgehead atoms. The molecule has 0 aliphatic carbocycles. The van der Waals surface area contributed by atoms with Gasteiger partial charge in [-0.1, -0.05) is 48.5 Å². The Morgan fingerprint density at radius 2 is 1.67 bits per heavy atom. The largest absolute Gasteiger partial charge is 0.349 e. The fourth-order valence-electron chi connectivity index (χ4n) is 2.46. The molecule has 0 unspecified atom stereocenters. The highest BCUT2D eigenvalue weighted by molar-refractivity contribution is 7.92. The lowest BCUT2D eigenvalue weighted by atomic mass is 10.1. The minimum absolute atomic E-state index is 0.0690. The molecule has 5 nitrogen and oxygen atoms in total. The highest BCUT2D eigenvalue weighted by Gasteiger charge is 2.15. The quantitative estimate of drug-likeness (QED) is 0.809. The highest BCUT2D eigenvalue weighted by Crippen LogP contribution is 2.23. The Morgan fingerprint density at radius 3 is 2.33 bits per heavy atom. The van der Waals surface area contributed by atoms with Crippen molar-refractivity contribution in [1.82, 2.24) is 5.32 Å². The molecule has 1 amide bonds. The standard InChI is InChI=1S/C18H22N2O3S/c1-14(16-10-6-7-11-17(16)20-24(2,22)23)19-18(21)13-12-15-8-4-3-5-9-15/h3-11,14,20H,12-13H2,1-2H3,(H,19,21)/t14-/m0/s1. The Balaban J connectivity index is 1.99. The van der Waals surface area contributed by atoms with E-state index >= 15 is 0 Å². The molecule has 0 aromatic heterocycles. The monoisotopic (exact) mass is 346 g/mol. The summed E-state index contributed by atoms with van der Waals surface area (Å²) in [6.07, 6.45) is 2.16. The van der Waals surface area contributed by atoms with Gasteiger partial charge < -0.3 is 5.32 Å². The highest BCUT2D eigenvalue weighted by atomic mass is 32.2. The van der Waals surface area contributed by atoms with E-state index in [4.69, 9.17) is 0 Å². The molecule has 0 spiro atoms. The minimum atomic E-state index is -3.37. The van der Waals surface area contributed by atoms with Crippen molar-refractivity contribution in [2.75, 3.05) is 11.0 Å². The molecule has 2 aromatic carbocycles. The molecule has 2 rings (SSSR count). The molecular formula is C18H22N2O3S. The number of hydrogen-bond donors (Lipinski definition) is 2. The first-order valence-electron chi connectivity index (χ1n) is 7.75. The van der Waals surface area contributed by atoms with Crippen LogP contribution in [0.2, 0.25) is 0 Å². The number of anilines is 1. The number of para-hydroxylation sites is 1. The van der Waals surface area contributed by atoms with Gasteiger partial charge in [0.25, 0.3) is 0 Å². The van der Waals surface area contributed by atoms with Gasteiger partial charge in [-0.25, -0.2) is 8.42 Å². The van der Waals surface area contributed by atoms with Crippen molar-refractivity contribution < 1.29 is 13.2 Å². The molecule has 0 fully saturated rings. The summed E-state index contributed by atoms with van der Waals surface area (Å²) in [5, 5.41) is 2.92. The van der Waals surface area contributed by atoms with Crippen molar-refractivity contribution in [2.24, 2.45) is 0 Å². The summed E-state index contributed by atoms with van der Waals surface area (Å²) < 4.78 is 25.4. The molecule has 0 radical (unpaired) electrons. The summed E-state index contributed by atoms with van der Waals surface area (Å²) in [5.41, 5.74) is 2.33. The van der Waals surface area contributed by atoms with Crippen molar-refractivity contribution in [2.45, 2.75) is 25.8 Å². The molecule has 2 N–H and O–H groups in total. The van der Waals surface area contributed by atoms with Crippen LogP contribution in [0, 0.1) is 0 Å². The molecule has 0 saturated carbocycles. The first-order valence-corrected chi connectivity index (χ1v) is 9.64. The van der Waals surface area contributed by atoms with Crippen molar-refractivity contribution in [3.05, 3.63) is 65.7 Å². The molecule has 1 atom stereocenters. The molecular weight excluding hydrogens is 324 g/mol. The molecule has 128 valence electrons. The number of rotatable bonds is 7. The van der Waals surface area contributed by atoms with E-state index in [1.54, 1.807) is 18.2 Å². The predicted molar refractivity (Wildman–Crippen MR) is 96.2 cm³/mol. The third-order valence-corrected chi connectivity index (χ3v) is 4.17. The van der Waals surface area contributed by atoms with Crippen LogP contribution < -0.4 is 10.0 Å². The third kappa shape index (κ3) is 5.70. The van der Waals surface area contributed by atoms with E-state index in [0.717, 1.165) is 17.4 Å². The number of hydrogen-bond acceptors (Lipinski definition) is 3. The van der Waals surface area contributed by atoms with Crippen LogP contribution in [0.1, 0.15) is 30.5 Å². The van der Waals surface area contributed by atoms with E-state index in [-0.39, 0.29) is 11.9 Å². The zero-order valence-corrected chi connectivity index (χ0v) is 14.6. The number of benzene rings is 2. The molecule has 0 aliphatic rings. The van der Waals surface area contributed by atoms with E-state index in [9.17, 15) is 13.2 Å². The number of sulfonamides is 1. The van der Waals surface area contributed by atoms with Crippen LogP contribution in [-0.2, 0) is 21.2 Å². The van der Waals surface area contributed by atoms with E-state index in [2.05, 4.69) is 10.0 Å². The summed E-state index contributed by atoms with van der Waals surface area (Å²) in [7, 11) is -3.37. The van der Waals surface area contributed by atoms with Gasteiger partial charge in [0, 0.05) is 6.42 Å². The van der Waals surface area contributed by atoms with Crippen molar-refractivity contribution in [3.8, 4) is 0 Å². The SMILES string of the molecule is C[C@H](NC(=O)CCc1ccccc1)c1ccccc1NS(C)(=O)=O. The van der Waals surface area contributed by atoms with Crippen LogP contribution in [0.25, 0.3) is 0 Å². The summed E-state index contributed by atoms with van der Waals surface area (Å²) in [5.74, 6) is -0.0690. The maximum absolute atomic E-state index is 12.1. The number of carbonyl (C=O) groups is 1. The topological polar surface area (TPSA) is 75.3 Å². The van der Waals surface area contributed by atoms with Crippen LogP contribution in [0.4, 0.5) is 5.69 Å². The van der Waals surface area contributed by atoms with Crippen LogP contribution in [0.15, 0.2) is 54.6 Å². The molecule has 6 heteroatoms. The predicted octanol–water partition coefficient (Wildman–Crippen LogP) is 2.87. The maximum Gasteiger partial charge on any atom is 0.229 e. The Kier molecular flexibility index (Phi) is 5.98. The zero-order chi connectivity index (χ0) is 17.6. The fourth-order valence-corrected chi connectivity index (χ4v) is 3.05. The van der Waals surface area contributed by atoms with E-state index in [1.165, 1.54) is 0 Å². The lowest BCUT2D eigenvalue weighted by Crippen LogP contribution is -2.27.